The van der Waals surface area contributed by atoms with E-state index in [0.29, 0.717) is 23.7 Å². The second kappa shape index (κ2) is 9.28. The highest BCUT2D eigenvalue weighted by Crippen LogP contribution is 2.15. The Hall–Kier alpha value is -1.69. The van der Waals surface area contributed by atoms with Crippen LogP contribution in [0.1, 0.15) is 26.2 Å². The molecule has 0 bridgehead atoms. The van der Waals surface area contributed by atoms with E-state index in [4.69, 9.17) is 9.47 Å². The summed E-state index contributed by atoms with van der Waals surface area (Å²) in [6.07, 6.45) is 3.48. The smallest absolute Gasteiger partial charge is 0.339 e. The molecule has 1 fully saturated rings. The fourth-order valence-corrected chi connectivity index (χ4v) is 2.04. The fraction of sp³-hybridized carbons (Fsp3) is 0.667. The summed E-state index contributed by atoms with van der Waals surface area (Å²) in [6.45, 7) is 3.93. The summed E-state index contributed by atoms with van der Waals surface area (Å²) in [5, 5.41) is 0. The Morgan fingerprint density at radius 3 is 2.48 bits per heavy atom. The van der Waals surface area contributed by atoms with Crippen LogP contribution in [0.5, 0.6) is 0 Å². The van der Waals surface area contributed by atoms with Gasteiger partial charge in [0.1, 0.15) is 0 Å². The molecule has 0 radical (unpaired) electrons. The first-order valence-electron chi connectivity index (χ1n) is 7.03. The van der Waals surface area contributed by atoms with Gasteiger partial charge in [-0.3, -0.25) is 9.79 Å². The molecule has 0 unspecified atom stereocenters. The van der Waals surface area contributed by atoms with Gasteiger partial charge in [0, 0.05) is 25.5 Å². The second-order valence-corrected chi connectivity index (χ2v) is 4.87. The molecule has 0 spiro atoms. The standard InChI is InChI=1S/C15H23NO5/c1-11(16-10-12-6-8-21-9-7-12)13(15(18)20-3)4-5-14(17)19-2/h4,12H,5-10H2,1-3H3. The third kappa shape index (κ3) is 6.08. The van der Waals surface area contributed by atoms with Crippen LogP contribution in [0.25, 0.3) is 0 Å². The van der Waals surface area contributed by atoms with Gasteiger partial charge in [0.15, 0.2) is 0 Å². The van der Waals surface area contributed by atoms with Crippen molar-refractivity contribution in [2.75, 3.05) is 34.0 Å². The first kappa shape index (κ1) is 17.4. The van der Waals surface area contributed by atoms with Crippen molar-refractivity contribution in [1.29, 1.82) is 0 Å². The SMILES string of the molecule is COC(=O)CC=C(C(=O)OC)C(C)=NCC1CCOCC1. The van der Waals surface area contributed by atoms with E-state index in [-0.39, 0.29) is 6.42 Å². The van der Waals surface area contributed by atoms with Gasteiger partial charge in [0.05, 0.1) is 26.2 Å². The number of carbonyl (C=O) groups excluding carboxylic acids is 2. The van der Waals surface area contributed by atoms with Crippen LogP contribution in [0.15, 0.2) is 16.6 Å². The van der Waals surface area contributed by atoms with Gasteiger partial charge in [-0.1, -0.05) is 6.08 Å². The third-order valence-electron chi connectivity index (χ3n) is 3.42. The van der Waals surface area contributed by atoms with Crippen LogP contribution in [0.3, 0.4) is 0 Å². The first-order chi connectivity index (χ1) is 10.1. The van der Waals surface area contributed by atoms with Crippen molar-refractivity contribution in [2.24, 2.45) is 10.9 Å². The Balaban J connectivity index is 2.71. The summed E-state index contributed by atoms with van der Waals surface area (Å²) < 4.78 is 14.6. The molecule has 0 aliphatic carbocycles. The van der Waals surface area contributed by atoms with E-state index in [0.717, 1.165) is 26.1 Å². The van der Waals surface area contributed by atoms with Crippen molar-refractivity contribution in [3.63, 3.8) is 0 Å². The maximum Gasteiger partial charge on any atom is 0.339 e. The highest BCUT2D eigenvalue weighted by Gasteiger charge is 2.16. The zero-order chi connectivity index (χ0) is 15.7. The summed E-state index contributed by atoms with van der Waals surface area (Å²) in [5.41, 5.74) is 0.896. The van der Waals surface area contributed by atoms with E-state index < -0.39 is 11.9 Å². The highest BCUT2D eigenvalue weighted by molar-refractivity contribution is 6.19. The molecule has 6 heteroatoms. The maximum absolute atomic E-state index is 11.8. The predicted molar refractivity (Wildman–Crippen MR) is 78.3 cm³/mol. The lowest BCUT2D eigenvalue weighted by molar-refractivity contribution is -0.139. The van der Waals surface area contributed by atoms with Crippen molar-refractivity contribution in [1.82, 2.24) is 0 Å². The largest absolute Gasteiger partial charge is 0.469 e. The molecule has 118 valence electrons. The fourth-order valence-electron chi connectivity index (χ4n) is 2.04. The Kier molecular flexibility index (Phi) is 7.68. The topological polar surface area (TPSA) is 74.2 Å². The number of methoxy groups -OCH3 is 2. The third-order valence-corrected chi connectivity index (χ3v) is 3.42. The summed E-state index contributed by atoms with van der Waals surface area (Å²) in [4.78, 5) is 27.4. The Labute approximate surface area is 125 Å². The monoisotopic (exact) mass is 297 g/mol. The average Bonchev–Trinajstić information content (AvgIpc) is 2.53. The number of aliphatic imine (C=N–C) groups is 1. The number of nitrogens with zero attached hydrogens (tertiary/aromatic N) is 1. The van der Waals surface area contributed by atoms with Crippen LogP contribution in [0.4, 0.5) is 0 Å². The maximum atomic E-state index is 11.8. The molecular weight excluding hydrogens is 274 g/mol. The lowest BCUT2D eigenvalue weighted by Gasteiger charge is -2.20. The van der Waals surface area contributed by atoms with Crippen LogP contribution in [-0.2, 0) is 23.8 Å². The number of rotatable bonds is 6. The molecule has 1 heterocycles. The normalized spacial score (nSPS) is 17.5. The van der Waals surface area contributed by atoms with Gasteiger partial charge < -0.3 is 14.2 Å². The molecule has 6 nitrogen and oxygen atoms in total. The van der Waals surface area contributed by atoms with Gasteiger partial charge in [-0.2, -0.15) is 0 Å². The van der Waals surface area contributed by atoms with E-state index >= 15 is 0 Å². The van der Waals surface area contributed by atoms with E-state index in [1.54, 1.807) is 6.92 Å². The van der Waals surface area contributed by atoms with Crippen LogP contribution >= 0.6 is 0 Å². The van der Waals surface area contributed by atoms with Crippen LogP contribution in [-0.4, -0.2) is 51.6 Å². The summed E-state index contributed by atoms with van der Waals surface area (Å²) in [7, 11) is 2.61. The van der Waals surface area contributed by atoms with Crippen molar-refractivity contribution in [3.05, 3.63) is 11.6 Å². The molecule has 0 aromatic carbocycles. The number of hydrogen-bond acceptors (Lipinski definition) is 6. The number of ether oxygens (including phenoxy) is 3. The summed E-state index contributed by atoms with van der Waals surface area (Å²) >= 11 is 0. The zero-order valence-corrected chi connectivity index (χ0v) is 12.9. The molecule has 21 heavy (non-hydrogen) atoms. The molecule has 0 amide bonds. The summed E-state index contributed by atoms with van der Waals surface area (Å²) in [5.74, 6) is -0.422. The van der Waals surface area contributed by atoms with Crippen molar-refractivity contribution in [2.45, 2.75) is 26.2 Å². The molecule has 0 N–H and O–H groups in total. The minimum absolute atomic E-state index is 0.0189. The molecule has 0 aromatic rings. The van der Waals surface area contributed by atoms with Gasteiger partial charge in [0.25, 0.3) is 0 Å². The molecule has 0 saturated carbocycles. The molecule has 1 aliphatic rings. The van der Waals surface area contributed by atoms with E-state index in [2.05, 4.69) is 9.73 Å². The molecule has 1 rings (SSSR count). The van der Waals surface area contributed by atoms with Crippen molar-refractivity contribution < 1.29 is 23.8 Å². The molecule has 1 aliphatic heterocycles. The Morgan fingerprint density at radius 1 is 1.24 bits per heavy atom. The van der Waals surface area contributed by atoms with E-state index in [1.807, 2.05) is 0 Å². The van der Waals surface area contributed by atoms with Crippen molar-refractivity contribution in [3.8, 4) is 0 Å². The van der Waals surface area contributed by atoms with Gasteiger partial charge in [0.2, 0.25) is 0 Å². The van der Waals surface area contributed by atoms with Gasteiger partial charge >= 0.3 is 11.9 Å². The Bertz CT molecular complexity index is 422. The predicted octanol–water partition coefficient (Wildman–Crippen LogP) is 1.54. The summed E-state index contributed by atoms with van der Waals surface area (Å²) in [6, 6.07) is 0. The van der Waals surface area contributed by atoms with Crippen LogP contribution < -0.4 is 0 Å². The molecule has 0 atom stereocenters. The zero-order valence-electron chi connectivity index (χ0n) is 12.9. The van der Waals surface area contributed by atoms with E-state index in [1.165, 1.54) is 20.3 Å². The number of esters is 2. The highest BCUT2D eigenvalue weighted by atomic mass is 16.5. The number of carbonyl (C=O) groups is 2. The first-order valence-corrected chi connectivity index (χ1v) is 7.03. The van der Waals surface area contributed by atoms with E-state index in [9.17, 15) is 9.59 Å². The lowest BCUT2D eigenvalue weighted by atomic mass is 10.0. The average molecular weight is 297 g/mol. The minimum atomic E-state index is -0.493. The quantitative estimate of drug-likeness (QED) is 0.422. The van der Waals surface area contributed by atoms with Gasteiger partial charge in [-0.25, -0.2) is 4.79 Å². The minimum Gasteiger partial charge on any atom is -0.469 e. The van der Waals surface area contributed by atoms with Gasteiger partial charge in [-0.05, 0) is 25.7 Å². The molecule has 0 aromatic heterocycles. The van der Waals surface area contributed by atoms with Crippen molar-refractivity contribution >= 4 is 17.7 Å². The molecular formula is C15H23NO5. The lowest BCUT2D eigenvalue weighted by Crippen LogP contribution is -2.19. The number of hydrogen-bond donors (Lipinski definition) is 0. The Morgan fingerprint density at radius 2 is 1.90 bits per heavy atom. The van der Waals surface area contributed by atoms with Crippen LogP contribution in [0.2, 0.25) is 0 Å². The second-order valence-electron chi connectivity index (χ2n) is 4.87. The molecule has 1 saturated heterocycles. The van der Waals surface area contributed by atoms with Gasteiger partial charge in [-0.15, -0.1) is 0 Å². The van der Waals surface area contributed by atoms with Crippen LogP contribution in [0, 0.1) is 5.92 Å².